The van der Waals surface area contributed by atoms with Crippen LogP contribution in [0.5, 0.6) is 11.5 Å². The highest BCUT2D eigenvalue weighted by molar-refractivity contribution is 5.54. The lowest BCUT2D eigenvalue weighted by Gasteiger charge is -2.37. The molecule has 0 amide bonds. The molecular weight excluding hydrogens is 696 g/mol. The van der Waals surface area contributed by atoms with Crippen molar-refractivity contribution in [2.24, 2.45) is 22.3 Å². The van der Waals surface area contributed by atoms with Crippen molar-refractivity contribution in [1.82, 2.24) is 19.8 Å². The number of hydrogen-bond acceptors (Lipinski definition) is 16. The second-order valence-corrected chi connectivity index (χ2v) is 12.6. The first-order chi connectivity index (χ1) is 24.9. The summed E-state index contributed by atoms with van der Waals surface area (Å²) in [7, 11) is 0. The summed E-state index contributed by atoms with van der Waals surface area (Å²) in [4.78, 5) is 55.9. The number of nitrogens with zero attached hydrogens (tertiary/aromatic N) is 12. The average molecular weight is 733 g/mol. The van der Waals surface area contributed by atoms with E-state index >= 15 is 0 Å². The molecule has 5 rings (SSSR count). The van der Waals surface area contributed by atoms with E-state index < -0.39 is 48.2 Å². The van der Waals surface area contributed by atoms with Crippen molar-refractivity contribution in [2.45, 2.75) is 25.7 Å². The van der Waals surface area contributed by atoms with E-state index in [0.717, 1.165) is 69.1 Å². The van der Waals surface area contributed by atoms with Gasteiger partial charge in [0, 0.05) is 51.4 Å². The maximum absolute atomic E-state index is 12.5. The van der Waals surface area contributed by atoms with Crippen LogP contribution in [0.2, 0.25) is 0 Å². The molecule has 0 bridgehead atoms. The highest BCUT2D eigenvalue weighted by Gasteiger charge is 2.30. The number of hydrogen-bond donors (Lipinski definition) is 0. The fraction of sp³-hybridized carbons (Fsp3) is 0.571. The normalized spacial score (nSPS) is 20.7. The van der Waals surface area contributed by atoms with Crippen LogP contribution in [0.4, 0.5) is 22.7 Å². The number of nitro benzene ring substituents is 4. The Labute approximate surface area is 294 Å². The van der Waals surface area contributed by atoms with Crippen molar-refractivity contribution < 1.29 is 39.4 Å². The Bertz CT molecular complexity index is 1700. The molecule has 0 N–H and O–H groups in total. The molecular formula is C28H36N12O12. The van der Waals surface area contributed by atoms with Crippen molar-refractivity contribution in [3.05, 3.63) is 87.3 Å². The average Bonchev–Trinajstić information content (AvgIpc) is 3.12. The summed E-state index contributed by atoms with van der Waals surface area (Å²) >= 11 is 0. The maximum Gasteiger partial charge on any atom is 0.321 e. The van der Waals surface area contributed by atoms with Gasteiger partial charge >= 0.3 is 5.69 Å². The number of hydrazine groups is 1. The molecule has 24 nitrogen and oxygen atoms in total. The Hall–Kier alpha value is -6.04. The minimum atomic E-state index is -0.878. The standard InChI is InChI=1S/C28H36N12O12/c41-35(42)23-5-7-27(25(17-23)37(45)46)51-30-39(49)34-15-11-32(12-16-34)20-22-3-1-21(2-4-22)19-31-9-13-33(14-10-31)29-40(50)52-28-8-6-24(36(43)44)18-26(28)38(47)48/h5-8,17-18,21-22H,1-4,9-16,19-20H2/b39-30-,40-29+. The summed E-state index contributed by atoms with van der Waals surface area (Å²) in [5.41, 5.74) is -2.40. The van der Waals surface area contributed by atoms with Gasteiger partial charge in [-0.15, -0.1) is 5.01 Å². The summed E-state index contributed by atoms with van der Waals surface area (Å²) in [6, 6.07) is 5.47. The van der Waals surface area contributed by atoms with Gasteiger partial charge in [-0.2, -0.15) is 5.01 Å². The van der Waals surface area contributed by atoms with Crippen LogP contribution in [0.3, 0.4) is 0 Å². The van der Waals surface area contributed by atoms with Crippen LogP contribution in [0, 0.1) is 62.7 Å². The first kappa shape index (κ1) is 37.2. The van der Waals surface area contributed by atoms with Gasteiger partial charge in [-0.05, 0) is 49.7 Å². The predicted octanol–water partition coefficient (Wildman–Crippen LogP) is 3.40. The molecule has 2 saturated heterocycles. The van der Waals surface area contributed by atoms with Gasteiger partial charge in [0.1, 0.15) is 24.1 Å². The molecule has 3 fully saturated rings. The first-order valence-corrected chi connectivity index (χ1v) is 16.4. The van der Waals surface area contributed by atoms with Gasteiger partial charge < -0.3 is 15.3 Å². The van der Waals surface area contributed by atoms with Crippen molar-refractivity contribution in [3.63, 3.8) is 0 Å². The molecule has 52 heavy (non-hydrogen) atoms. The third-order valence-electron chi connectivity index (χ3n) is 9.22. The van der Waals surface area contributed by atoms with Crippen LogP contribution in [0.1, 0.15) is 25.7 Å². The molecule has 3 aliphatic rings. The molecule has 0 atom stereocenters. The Morgan fingerprint density at radius 2 is 1.08 bits per heavy atom. The fourth-order valence-electron chi connectivity index (χ4n) is 6.44. The smallest absolute Gasteiger partial charge is 0.321 e. The number of piperazine rings is 2. The minimum absolute atomic E-state index is 0.133. The molecule has 2 heterocycles. The second kappa shape index (κ2) is 16.8. The largest absolute Gasteiger partial charge is 0.569 e. The van der Waals surface area contributed by atoms with E-state index in [-0.39, 0.29) is 15.7 Å². The maximum atomic E-state index is 12.5. The van der Waals surface area contributed by atoms with Crippen LogP contribution in [-0.4, -0.2) is 115 Å². The Morgan fingerprint density at radius 1 is 0.615 bits per heavy atom. The van der Waals surface area contributed by atoms with E-state index in [4.69, 9.17) is 9.68 Å². The van der Waals surface area contributed by atoms with Gasteiger partial charge in [0.15, 0.2) is 0 Å². The number of non-ortho nitro benzene ring substituents is 2. The van der Waals surface area contributed by atoms with Crippen LogP contribution >= 0.6 is 0 Å². The zero-order valence-electron chi connectivity index (χ0n) is 27.8. The summed E-state index contributed by atoms with van der Waals surface area (Å²) in [6.45, 7) is 6.04. The monoisotopic (exact) mass is 732 g/mol. The van der Waals surface area contributed by atoms with E-state index in [1.54, 1.807) is 0 Å². The molecule has 0 aromatic heterocycles. The van der Waals surface area contributed by atoms with E-state index in [1.165, 1.54) is 10.0 Å². The topological polar surface area (TPSA) is 281 Å². The molecule has 1 aliphatic carbocycles. The zero-order valence-corrected chi connectivity index (χ0v) is 27.8. The molecule has 0 radical (unpaired) electrons. The molecule has 280 valence electrons. The van der Waals surface area contributed by atoms with Crippen molar-refractivity contribution in [3.8, 4) is 11.5 Å². The van der Waals surface area contributed by atoms with Crippen LogP contribution in [-0.2, 0) is 0 Å². The van der Waals surface area contributed by atoms with E-state index in [9.17, 15) is 50.9 Å². The lowest BCUT2D eigenvalue weighted by molar-refractivity contribution is -0.756. The van der Waals surface area contributed by atoms with E-state index in [0.29, 0.717) is 70.3 Å². The lowest BCUT2D eigenvalue weighted by atomic mass is 9.81. The summed E-state index contributed by atoms with van der Waals surface area (Å²) < 4.78 is 0. The Balaban J connectivity index is 0.992. The van der Waals surface area contributed by atoms with Crippen LogP contribution < -0.4 is 9.68 Å². The zero-order chi connectivity index (χ0) is 37.4. The third-order valence-corrected chi connectivity index (χ3v) is 9.22. The van der Waals surface area contributed by atoms with E-state index in [2.05, 4.69) is 20.3 Å². The second-order valence-electron chi connectivity index (χ2n) is 12.6. The predicted molar refractivity (Wildman–Crippen MR) is 174 cm³/mol. The quantitative estimate of drug-likeness (QED) is 0.116. The van der Waals surface area contributed by atoms with Gasteiger partial charge in [0.2, 0.25) is 11.0 Å². The van der Waals surface area contributed by atoms with Gasteiger partial charge in [0.25, 0.3) is 17.1 Å². The van der Waals surface area contributed by atoms with Crippen molar-refractivity contribution >= 4 is 22.7 Å². The Morgan fingerprint density at radius 3 is 1.56 bits per heavy atom. The summed E-state index contributed by atoms with van der Waals surface area (Å²) in [6.07, 6.45) is 4.29. The first-order valence-electron chi connectivity index (χ1n) is 16.4. The van der Waals surface area contributed by atoms with Crippen LogP contribution in [0.25, 0.3) is 0 Å². The van der Waals surface area contributed by atoms with E-state index in [1.807, 2.05) is 0 Å². The molecule has 2 aliphatic heterocycles. The number of benzene rings is 2. The number of rotatable bonds is 14. The van der Waals surface area contributed by atoms with Gasteiger partial charge in [-0.1, -0.05) is 0 Å². The van der Waals surface area contributed by atoms with Gasteiger partial charge in [0.05, 0.1) is 54.9 Å². The molecule has 0 unspecified atom stereocenters. The third kappa shape index (κ3) is 9.81. The SMILES string of the molecule is O=[N+]([O-])c1ccc(O/N=[N+](\[O-])N2CCN(CC3CCC(CN4CCN(/N=[N+](\[O-])Oc5ccc([N+](=O)[O-])cc5[N+](=O)[O-])CC4)CC3)CC2)c([N+](=O)[O-])c1. The van der Waals surface area contributed by atoms with Crippen LogP contribution in [0.15, 0.2) is 46.9 Å². The van der Waals surface area contributed by atoms with Gasteiger partial charge in [-0.3, -0.25) is 55.1 Å². The van der Waals surface area contributed by atoms with Crippen molar-refractivity contribution in [2.75, 3.05) is 65.4 Å². The fourth-order valence-corrected chi connectivity index (χ4v) is 6.44. The van der Waals surface area contributed by atoms with Gasteiger partial charge in [-0.25, -0.2) is 0 Å². The molecule has 0 spiro atoms. The minimum Gasteiger partial charge on any atom is -0.569 e. The molecule has 1 saturated carbocycles. The lowest BCUT2D eigenvalue weighted by Crippen LogP contribution is -2.50. The molecule has 2 aromatic carbocycles. The highest BCUT2D eigenvalue weighted by Crippen LogP contribution is 2.33. The highest BCUT2D eigenvalue weighted by atomic mass is 16.9. The molecule has 24 heteroatoms. The van der Waals surface area contributed by atoms with Crippen molar-refractivity contribution in [1.29, 1.82) is 0 Å². The Kier molecular flexibility index (Phi) is 12.0. The summed E-state index contributed by atoms with van der Waals surface area (Å²) in [5, 5.41) is 79.2. The summed E-state index contributed by atoms with van der Waals surface area (Å²) in [5.74, 6) is 0.198. The molecule has 2 aromatic rings. The number of nitro groups is 4.